The highest BCUT2D eigenvalue weighted by Crippen LogP contribution is 2.44. The highest BCUT2D eigenvalue weighted by atomic mass is 32.2. The maximum absolute atomic E-state index is 12.5. The van der Waals surface area contributed by atoms with Gasteiger partial charge in [-0.3, -0.25) is 22.6 Å². The van der Waals surface area contributed by atoms with E-state index < -0.39 is 74.3 Å². The maximum Gasteiger partial charge on any atom is 0.296 e. The molecule has 0 fully saturated rings. The number of methoxy groups -OCH3 is 1. The van der Waals surface area contributed by atoms with Gasteiger partial charge in [0, 0.05) is 33.5 Å². The highest BCUT2D eigenvalue weighted by Gasteiger charge is 2.24. The second-order valence-electron chi connectivity index (χ2n) is 16.6. The van der Waals surface area contributed by atoms with Gasteiger partial charge in [-0.25, -0.2) is 9.97 Å². The number of ether oxygens (including phenoxy) is 2. The van der Waals surface area contributed by atoms with E-state index in [1.54, 1.807) is 32.0 Å². The molecule has 6 N–H and O–H groups in total. The zero-order valence-corrected chi connectivity index (χ0v) is 44.9. The largest absolute Gasteiger partial charge is 0.497 e. The number of hydrogen-bond donors (Lipinski definition) is 6. The average Bonchev–Trinajstić information content (AvgIpc) is 4.04. The Morgan fingerprint density at radius 2 is 1.47 bits per heavy atom. The fourth-order valence-electron chi connectivity index (χ4n) is 7.64. The number of thiazole rings is 1. The van der Waals surface area contributed by atoms with Crippen molar-refractivity contribution in [3.63, 3.8) is 0 Å². The van der Waals surface area contributed by atoms with Crippen molar-refractivity contribution in [3.8, 4) is 23.4 Å². The number of aryl methyl sites for hydroxylation is 1. The molecule has 0 aliphatic heterocycles. The number of benzene rings is 5. The molecule has 0 unspecified atom stereocenters. The molecule has 32 heteroatoms. The molecule has 0 aliphatic rings. The van der Waals surface area contributed by atoms with Crippen LogP contribution in [0.4, 0.5) is 33.6 Å². The van der Waals surface area contributed by atoms with Gasteiger partial charge in [-0.1, -0.05) is 17.4 Å². The van der Waals surface area contributed by atoms with E-state index in [0.717, 1.165) is 41.3 Å². The zero-order chi connectivity index (χ0) is 55.8. The summed E-state index contributed by atoms with van der Waals surface area (Å²) >= 11 is 1.83. The van der Waals surface area contributed by atoms with Crippen molar-refractivity contribution < 1.29 is 71.6 Å². The van der Waals surface area contributed by atoms with Crippen molar-refractivity contribution in [2.45, 2.75) is 48.0 Å². The van der Waals surface area contributed by atoms with Crippen molar-refractivity contribution in [1.29, 1.82) is 5.26 Å². The summed E-state index contributed by atoms with van der Waals surface area (Å²) in [5, 5.41) is 58.5. The number of pyridine rings is 1. The molecule has 0 radical (unpaired) electrons. The van der Waals surface area contributed by atoms with Crippen molar-refractivity contribution in [2.75, 3.05) is 31.0 Å². The van der Waals surface area contributed by atoms with Crippen LogP contribution in [-0.4, -0.2) is 107 Å². The smallest absolute Gasteiger partial charge is 0.296 e. The first-order valence-corrected chi connectivity index (χ1v) is 29.9. The molecule has 5 aromatic carbocycles. The molecule has 0 spiro atoms. The average molecular weight is 1170 g/mol. The van der Waals surface area contributed by atoms with Crippen LogP contribution in [0.1, 0.15) is 35.1 Å². The van der Waals surface area contributed by atoms with Crippen LogP contribution < -0.4 is 9.47 Å². The van der Waals surface area contributed by atoms with Crippen LogP contribution in [0, 0.1) is 25.2 Å². The number of nitrogens with zero attached hydrogens (tertiary/aromatic N) is 10. The second-order valence-corrected chi connectivity index (χ2v) is 24.7. The summed E-state index contributed by atoms with van der Waals surface area (Å²) in [5.41, 5.74) is 1.84. The summed E-state index contributed by atoms with van der Waals surface area (Å²) in [4.78, 5) is 7.95. The van der Waals surface area contributed by atoms with Crippen LogP contribution in [0.5, 0.6) is 17.4 Å². The Labute approximate surface area is 445 Å². The summed E-state index contributed by atoms with van der Waals surface area (Å²) < 4.78 is 146. The van der Waals surface area contributed by atoms with Gasteiger partial charge in [-0.05, 0) is 91.9 Å². The third-order valence-corrected chi connectivity index (χ3v) is 16.7. The number of imidazole rings is 1. The molecule has 3 heterocycles. The number of nitriles is 1. The Morgan fingerprint density at radius 3 is 2.14 bits per heavy atom. The zero-order valence-electron chi connectivity index (χ0n) is 40.0. The lowest BCUT2D eigenvalue weighted by atomic mass is 10.1. The van der Waals surface area contributed by atoms with Crippen LogP contribution in [0.25, 0.3) is 37.7 Å². The lowest BCUT2D eigenvalue weighted by Gasteiger charge is -2.12. The first kappa shape index (κ1) is 56.1. The molecule has 8 aromatic rings. The topological polar surface area (TPSA) is 405 Å². The molecule has 0 atom stereocenters. The van der Waals surface area contributed by atoms with E-state index in [-0.39, 0.29) is 108 Å². The molecule has 8 rings (SSSR count). The monoisotopic (exact) mass is 1170 g/mol. The van der Waals surface area contributed by atoms with Crippen LogP contribution in [0.15, 0.2) is 112 Å². The number of aliphatic hydroxyl groups excluding tert-OH is 1. The molecule has 0 bridgehead atoms. The van der Waals surface area contributed by atoms with E-state index in [0.29, 0.717) is 27.2 Å². The number of aliphatic hydroxyl groups is 1. The van der Waals surface area contributed by atoms with Gasteiger partial charge < -0.3 is 19.7 Å². The maximum atomic E-state index is 12.5. The number of rotatable bonds is 20. The third kappa shape index (κ3) is 12.7. The summed E-state index contributed by atoms with van der Waals surface area (Å²) in [6.45, 7) is 2.26. The molecular weight excluding hydrogens is 1130 g/mol. The Morgan fingerprint density at radius 1 is 0.766 bits per heavy atom. The summed E-state index contributed by atoms with van der Waals surface area (Å²) in [7, 11) is -16.8. The molecule has 3 aromatic heterocycles. The number of aromatic nitrogens is 3. The minimum Gasteiger partial charge on any atom is -0.497 e. The first-order valence-electron chi connectivity index (χ1n) is 22.0. The van der Waals surface area contributed by atoms with Crippen molar-refractivity contribution in [1.82, 2.24) is 14.4 Å². The van der Waals surface area contributed by atoms with Gasteiger partial charge in [0.1, 0.15) is 39.2 Å². The Kier molecular flexibility index (Phi) is 16.1. The third-order valence-electron chi connectivity index (χ3n) is 11.3. The van der Waals surface area contributed by atoms with Gasteiger partial charge >= 0.3 is 0 Å². The fourth-order valence-corrected chi connectivity index (χ4v) is 11.9. The quantitative estimate of drug-likeness (QED) is 0.0179. The van der Waals surface area contributed by atoms with E-state index in [4.69, 9.17) is 9.47 Å². The number of fused-ring (bicyclic) bond motifs is 6. The first-order chi connectivity index (χ1) is 36.3. The minimum absolute atomic E-state index is 0.0143. The van der Waals surface area contributed by atoms with Crippen molar-refractivity contribution >= 4 is 135 Å². The Hall–Kier alpha value is -7.16. The molecule has 0 aliphatic carbocycles. The van der Waals surface area contributed by atoms with Gasteiger partial charge in [0.15, 0.2) is 11.3 Å². The van der Waals surface area contributed by atoms with Gasteiger partial charge in [-0.2, -0.15) is 44.0 Å². The highest BCUT2D eigenvalue weighted by molar-refractivity contribution is 7.99. The molecule has 402 valence electrons. The van der Waals surface area contributed by atoms with Crippen molar-refractivity contribution in [2.24, 2.45) is 30.7 Å². The molecular formula is C45H40N10O16S6. The Bertz CT molecular complexity index is 4330. The lowest BCUT2D eigenvalue weighted by Crippen LogP contribution is -2.08. The van der Waals surface area contributed by atoms with Gasteiger partial charge in [0.25, 0.3) is 40.5 Å². The minimum atomic E-state index is -4.90. The molecule has 0 saturated heterocycles. The second kappa shape index (κ2) is 22.1. The van der Waals surface area contributed by atoms with Crippen LogP contribution in [0.3, 0.4) is 0 Å². The number of aromatic hydroxyl groups is 1. The lowest BCUT2D eigenvalue weighted by molar-refractivity contribution is 0.282. The SMILES string of the molecule is COc1ccc2c(c1)nc1c(C#N)c(C)c(N=Nc3cc(C)c(N=Nc4cc(CO)c(N=Nc5nc6c(S(=O)(=O)O)cc7ccc(S(=O)(=O)O)cc7c6s5)cc4SCCCS(=O)(=O)O)cc3OCCCS(=O)(=O)O)c(O)n12. The van der Waals surface area contributed by atoms with Gasteiger partial charge in [0.2, 0.25) is 11.0 Å². The summed E-state index contributed by atoms with van der Waals surface area (Å²) in [6, 6.07) is 17.2. The summed E-state index contributed by atoms with van der Waals surface area (Å²) in [6.07, 6.45) is -0.190. The predicted molar refractivity (Wildman–Crippen MR) is 281 cm³/mol. The van der Waals surface area contributed by atoms with E-state index >= 15 is 0 Å². The van der Waals surface area contributed by atoms with Crippen LogP contribution >= 0.6 is 23.1 Å². The van der Waals surface area contributed by atoms with E-state index in [1.165, 1.54) is 41.8 Å². The predicted octanol–water partition coefficient (Wildman–Crippen LogP) is 9.71. The van der Waals surface area contributed by atoms with E-state index in [1.807, 2.05) is 0 Å². The van der Waals surface area contributed by atoms with Crippen LogP contribution in [0.2, 0.25) is 0 Å². The number of azo groups is 3. The van der Waals surface area contributed by atoms with E-state index in [2.05, 4.69) is 46.7 Å². The Balaban J connectivity index is 1.18. The van der Waals surface area contributed by atoms with Crippen molar-refractivity contribution in [3.05, 3.63) is 89.0 Å². The van der Waals surface area contributed by atoms with Gasteiger partial charge in [-0.15, -0.1) is 37.3 Å². The van der Waals surface area contributed by atoms with Crippen LogP contribution in [-0.2, 0) is 47.1 Å². The number of hydrogen-bond acceptors (Lipinski definition) is 23. The fraction of sp³-hybridized carbons (Fsp3) is 0.222. The number of thioether (sulfide) groups is 1. The summed E-state index contributed by atoms with van der Waals surface area (Å²) in [5.74, 6) is -1.05. The molecule has 77 heavy (non-hydrogen) atoms. The standard InChI is InChI=1S/C45H40N10O16S6/c1-23-14-34(51-53-40-24(2)30(21-46)43-47-33-17-27(70-3)7-9-36(33)55(43)44(40)57)37(71-10-4-12-74(58,59)60)19-31(23)49-52-35-15-26(22-56)32(20-38(35)72-11-5-13-75(61,62)63)50-54-45-48-41-39(77(67,68)69)16-25-6-8-28(76(64,65)66)18-29(25)42(41)73-45/h6-9,14-20,56-57H,4-5,10-13,22H2,1-3H3,(H,58,59,60)(H,61,62,63)(H,64,65,66)(H,67,68,69). The normalized spacial score (nSPS) is 12.9. The molecule has 26 nitrogen and oxygen atoms in total. The van der Waals surface area contributed by atoms with Gasteiger partial charge in [0.05, 0.1) is 69.5 Å². The van der Waals surface area contributed by atoms with E-state index in [9.17, 15) is 67.4 Å². The molecule has 0 saturated carbocycles. The molecule has 0 amide bonds.